The van der Waals surface area contributed by atoms with Crippen LogP contribution < -0.4 is 15.4 Å². The molecule has 1 aliphatic carbocycles. The predicted octanol–water partition coefficient (Wildman–Crippen LogP) is 5.11. The highest BCUT2D eigenvalue weighted by atomic mass is 35.5. The molecule has 166 valence electrons. The average molecular weight is 444 g/mol. The van der Waals surface area contributed by atoms with Crippen molar-refractivity contribution in [2.45, 2.75) is 45.1 Å². The van der Waals surface area contributed by atoms with E-state index in [0.717, 1.165) is 31.2 Å². The molecule has 2 aromatic rings. The van der Waals surface area contributed by atoms with Crippen molar-refractivity contribution in [2.75, 3.05) is 31.3 Å². The van der Waals surface area contributed by atoms with Gasteiger partial charge >= 0.3 is 0 Å². The van der Waals surface area contributed by atoms with E-state index in [1.54, 1.807) is 25.3 Å². The third-order valence-electron chi connectivity index (χ3n) is 5.72. The van der Waals surface area contributed by atoms with Gasteiger partial charge in [-0.1, -0.05) is 36.9 Å². The van der Waals surface area contributed by atoms with Crippen LogP contribution in [0.1, 0.15) is 48.0 Å². The zero-order chi connectivity index (χ0) is 22.4. The first-order chi connectivity index (χ1) is 14.9. The molecule has 1 aliphatic rings. The Morgan fingerprint density at radius 3 is 2.55 bits per heavy atom. The second kappa shape index (κ2) is 10.5. The topological polar surface area (TPSA) is 70.7 Å². The van der Waals surface area contributed by atoms with E-state index in [4.69, 9.17) is 16.3 Å². The van der Waals surface area contributed by atoms with Crippen molar-refractivity contribution in [2.24, 2.45) is 0 Å². The minimum absolute atomic E-state index is 0.0582. The van der Waals surface area contributed by atoms with E-state index >= 15 is 0 Å². The quantitative estimate of drug-likeness (QED) is 0.623. The van der Waals surface area contributed by atoms with Gasteiger partial charge in [0, 0.05) is 18.8 Å². The van der Waals surface area contributed by atoms with Gasteiger partial charge in [-0.2, -0.15) is 0 Å². The summed E-state index contributed by atoms with van der Waals surface area (Å²) in [7, 11) is 3.42. The van der Waals surface area contributed by atoms with Crippen LogP contribution in [-0.2, 0) is 4.79 Å². The van der Waals surface area contributed by atoms with Crippen LogP contribution in [0.5, 0.6) is 5.75 Å². The number of benzene rings is 2. The molecule has 0 radical (unpaired) electrons. The van der Waals surface area contributed by atoms with Gasteiger partial charge in [0.1, 0.15) is 5.75 Å². The fourth-order valence-corrected chi connectivity index (χ4v) is 4.18. The lowest BCUT2D eigenvalue weighted by Gasteiger charge is -2.31. The van der Waals surface area contributed by atoms with Crippen molar-refractivity contribution in [1.82, 2.24) is 4.90 Å². The second-order valence-corrected chi connectivity index (χ2v) is 8.42. The van der Waals surface area contributed by atoms with Crippen LogP contribution in [0.2, 0.25) is 5.02 Å². The van der Waals surface area contributed by atoms with Crippen molar-refractivity contribution in [3.05, 3.63) is 52.5 Å². The number of methoxy groups -OCH3 is 1. The van der Waals surface area contributed by atoms with Crippen LogP contribution in [0.25, 0.3) is 0 Å². The number of nitrogens with zero attached hydrogens (tertiary/aromatic N) is 1. The number of amides is 2. The van der Waals surface area contributed by atoms with E-state index < -0.39 is 0 Å². The van der Waals surface area contributed by atoms with E-state index in [0.29, 0.717) is 27.7 Å². The van der Waals surface area contributed by atoms with E-state index in [1.165, 1.54) is 6.42 Å². The van der Waals surface area contributed by atoms with E-state index in [9.17, 15) is 9.59 Å². The fourth-order valence-electron chi connectivity index (χ4n) is 3.92. The molecule has 2 amide bonds. The Balaban J connectivity index is 1.59. The average Bonchev–Trinajstić information content (AvgIpc) is 2.77. The standard InChI is InChI=1S/C24H30ClN3O3/c1-16-9-12-22(31-3)21(13-16)27-23(29)15-26-17-10-11-19(20(25)14-17)24(30)28(2)18-7-5-4-6-8-18/h9-14,18,26H,4-8,15H2,1-3H3,(H,27,29). The smallest absolute Gasteiger partial charge is 0.255 e. The Morgan fingerprint density at radius 1 is 1.13 bits per heavy atom. The van der Waals surface area contributed by atoms with E-state index in [-0.39, 0.29) is 24.4 Å². The molecule has 0 saturated heterocycles. The normalized spacial score (nSPS) is 14.1. The molecular weight excluding hydrogens is 414 g/mol. The molecule has 2 N–H and O–H groups in total. The maximum atomic E-state index is 12.9. The lowest BCUT2D eigenvalue weighted by Crippen LogP contribution is -2.38. The SMILES string of the molecule is COc1ccc(C)cc1NC(=O)CNc1ccc(C(=O)N(C)C2CCCCC2)c(Cl)c1. The number of hydrogen-bond acceptors (Lipinski definition) is 4. The number of aryl methyl sites for hydroxylation is 1. The molecule has 3 rings (SSSR count). The highest BCUT2D eigenvalue weighted by Gasteiger charge is 2.24. The Morgan fingerprint density at radius 2 is 1.87 bits per heavy atom. The molecule has 0 aromatic heterocycles. The number of carbonyl (C=O) groups is 2. The number of anilines is 2. The van der Waals surface area contributed by atoms with Crippen molar-refractivity contribution in [1.29, 1.82) is 0 Å². The molecule has 1 saturated carbocycles. The third-order valence-corrected chi connectivity index (χ3v) is 6.04. The lowest BCUT2D eigenvalue weighted by atomic mass is 9.94. The molecule has 0 heterocycles. The molecule has 0 unspecified atom stereocenters. The van der Waals surface area contributed by atoms with Crippen molar-refractivity contribution < 1.29 is 14.3 Å². The minimum atomic E-state index is -0.211. The van der Waals surface area contributed by atoms with Crippen LogP contribution >= 0.6 is 11.6 Å². The molecule has 7 heteroatoms. The molecule has 2 aromatic carbocycles. The number of halogens is 1. The Kier molecular flexibility index (Phi) is 7.80. The lowest BCUT2D eigenvalue weighted by molar-refractivity contribution is -0.114. The maximum absolute atomic E-state index is 12.9. The van der Waals surface area contributed by atoms with Gasteiger partial charge in [0.2, 0.25) is 5.91 Å². The number of ether oxygens (including phenoxy) is 1. The second-order valence-electron chi connectivity index (χ2n) is 8.01. The van der Waals surface area contributed by atoms with Gasteiger partial charge in [0.05, 0.1) is 29.9 Å². The molecule has 0 atom stereocenters. The summed E-state index contributed by atoms with van der Waals surface area (Å²) in [5, 5.41) is 6.28. The zero-order valence-electron chi connectivity index (χ0n) is 18.3. The summed E-state index contributed by atoms with van der Waals surface area (Å²) in [6, 6.07) is 11.0. The number of hydrogen-bond donors (Lipinski definition) is 2. The van der Waals surface area contributed by atoms with Crippen LogP contribution in [-0.4, -0.2) is 43.5 Å². The first kappa shape index (κ1) is 22.9. The van der Waals surface area contributed by atoms with E-state index in [2.05, 4.69) is 10.6 Å². The number of rotatable bonds is 7. The van der Waals surface area contributed by atoms with Gasteiger partial charge in [-0.25, -0.2) is 0 Å². The maximum Gasteiger partial charge on any atom is 0.255 e. The number of carbonyl (C=O) groups excluding carboxylic acids is 2. The van der Waals surface area contributed by atoms with Gasteiger partial charge in [-0.05, 0) is 55.7 Å². The summed E-state index contributed by atoms with van der Waals surface area (Å²) in [6.45, 7) is 2.01. The Bertz CT molecular complexity index is 942. The molecule has 31 heavy (non-hydrogen) atoms. The minimum Gasteiger partial charge on any atom is -0.495 e. The van der Waals surface area contributed by atoms with Crippen molar-refractivity contribution in [3.63, 3.8) is 0 Å². The highest BCUT2D eigenvalue weighted by Crippen LogP contribution is 2.27. The van der Waals surface area contributed by atoms with Gasteiger partial charge in [0.15, 0.2) is 0 Å². The zero-order valence-corrected chi connectivity index (χ0v) is 19.1. The third kappa shape index (κ3) is 5.91. The van der Waals surface area contributed by atoms with Crippen LogP contribution in [0.15, 0.2) is 36.4 Å². The summed E-state index contributed by atoms with van der Waals surface area (Å²) < 4.78 is 5.29. The summed E-state index contributed by atoms with van der Waals surface area (Å²) in [4.78, 5) is 27.1. The van der Waals surface area contributed by atoms with E-state index in [1.807, 2.05) is 37.1 Å². The first-order valence-electron chi connectivity index (χ1n) is 10.6. The molecular formula is C24H30ClN3O3. The highest BCUT2D eigenvalue weighted by molar-refractivity contribution is 6.34. The van der Waals surface area contributed by atoms with Crippen LogP contribution in [0.4, 0.5) is 11.4 Å². The van der Waals surface area contributed by atoms with Gasteiger partial charge in [-0.3, -0.25) is 9.59 Å². The summed E-state index contributed by atoms with van der Waals surface area (Å²) >= 11 is 6.40. The first-order valence-corrected chi connectivity index (χ1v) is 11.0. The molecule has 6 nitrogen and oxygen atoms in total. The van der Waals surface area contributed by atoms with Gasteiger partial charge in [0.25, 0.3) is 5.91 Å². The molecule has 0 bridgehead atoms. The summed E-state index contributed by atoms with van der Waals surface area (Å²) in [5.41, 5.74) is 2.80. The summed E-state index contributed by atoms with van der Waals surface area (Å²) in [5.74, 6) is 0.330. The van der Waals surface area contributed by atoms with Crippen LogP contribution in [0.3, 0.4) is 0 Å². The largest absolute Gasteiger partial charge is 0.495 e. The molecule has 1 fully saturated rings. The Labute approximate surface area is 188 Å². The molecule has 0 spiro atoms. The Hall–Kier alpha value is -2.73. The monoisotopic (exact) mass is 443 g/mol. The van der Waals surface area contributed by atoms with Gasteiger partial charge < -0.3 is 20.3 Å². The fraction of sp³-hybridized carbons (Fsp3) is 0.417. The van der Waals surface area contributed by atoms with Crippen molar-refractivity contribution in [3.8, 4) is 5.75 Å². The number of nitrogens with one attached hydrogen (secondary N) is 2. The molecule has 0 aliphatic heterocycles. The summed E-state index contributed by atoms with van der Waals surface area (Å²) in [6.07, 6.45) is 5.65. The van der Waals surface area contributed by atoms with Crippen molar-refractivity contribution >= 4 is 34.8 Å². The predicted molar refractivity (Wildman–Crippen MR) is 125 cm³/mol. The van der Waals surface area contributed by atoms with Gasteiger partial charge in [-0.15, -0.1) is 0 Å². The van der Waals surface area contributed by atoms with Crippen LogP contribution in [0, 0.1) is 6.92 Å².